The minimum atomic E-state index is -0.680. The molecule has 0 aliphatic rings. The Labute approximate surface area is 118 Å². The fraction of sp³-hybridized carbons (Fsp3) is 0.0833. The van der Waals surface area contributed by atoms with Gasteiger partial charge < -0.3 is 4.74 Å². The van der Waals surface area contributed by atoms with Gasteiger partial charge in [-0.3, -0.25) is 4.79 Å². The second kappa shape index (κ2) is 5.42. The topological polar surface area (TPSA) is 61.2 Å². The third-order valence-corrected chi connectivity index (χ3v) is 3.16. The number of benzene rings is 1. The van der Waals surface area contributed by atoms with Crippen LogP contribution in [0.3, 0.4) is 0 Å². The zero-order valence-corrected chi connectivity index (χ0v) is 11.3. The molecule has 0 unspecified atom stereocenters. The van der Waals surface area contributed by atoms with E-state index in [0.717, 1.165) is 0 Å². The Balaban J connectivity index is 2.51. The molecule has 0 aliphatic heterocycles. The molecule has 0 atom stereocenters. The molecule has 0 spiro atoms. The van der Waals surface area contributed by atoms with E-state index in [4.69, 9.17) is 23.2 Å². The fourth-order valence-electron chi connectivity index (χ4n) is 1.49. The highest BCUT2D eigenvalue weighted by molar-refractivity contribution is 6.42. The molecule has 5 nitrogen and oxygen atoms in total. The Morgan fingerprint density at radius 2 is 2.11 bits per heavy atom. The molecule has 1 heterocycles. The maximum absolute atomic E-state index is 11.5. The summed E-state index contributed by atoms with van der Waals surface area (Å²) in [4.78, 5) is 22.4. The lowest BCUT2D eigenvalue weighted by Gasteiger charge is -2.02. The number of hydrogen-bond donors (Lipinski definition) is 0. The van der Waals surface area contributed by atoms with Gasteiger partial charge in [-0.25, -0.2) is 9.48 Å². The van der Waals surface area contributed by atoms with Gasteiger partial charge in [0.15, 0.2) is 12.0 Å². The molecule has 1 aromatic heterocycles. The van der Waals surface area contributed by atoms with Crippen LogP contribution in [-0.4, -0.2) is 29.1 Å². The number of methoxy groups -OCH3 is 1. The average Bonchev–Trinajstić information content (AvgIpc) is 2.85. The van der Waals surface area contributed by atoms with Crippen molar-refractivity contribution in [2.75, 3.05) is 7.11 Å². The zero-order valence-electron chi connectivity index (χ0n) is 9.76. The molecule has 0 amide bonds. The molecule has 0 radical (unpaired) electrons. The van der Waals surface area contributed by atoms with Gasteiger partial charge in [0, 0.05) is 6.20 Å². The van der Waals surface area contributed by atoms with Gasteiger partial charge in [-0.1, -0.05) is 23.2 Å². The molecule has 0 aliphatic carbocycles. The average molecular weight is 299 g/mol. The number of carbonyl (C=O) groups excluding carboxylic acids is 2. The molecule has 0 saturated carbocycles. The van der Waals surface area contributed by atoms with E-state index < -0.39 is 5.97 Å². The van der Waals surface area contributed by atoms with Crippen LogP contribution in [0.1, 0.15) is 20.8 Å². The Kier molecular flexibility index (Phi) is 3.87. The van der Waals surface area contributed by atoms with Crippen LogP contribution in [-0.2, 0) is 4.74 Å². The van der Waals surface area contributed by atoms with E-state index >= 15 is 0 Å². The first-order valence-electron chi connectivity index (χ1n) is 5.15. The maximum atomic E-state index is 11.5. The quantitative estimate of drug-likeness (QED) is 0.646. The van der Waals surface area contributed by atoms with E-state index in [1.54, 1.807) is 18.2 Å². The number of aldehydes is 1. The highest BCUT2D eigenvalue weighted by Gasteiger charge is 2.17. The molecule has 2 rings (SSSR count). The van der Waals surface area contributed by atoms with E-state index in [1.165, 1.54) is 18.0 Å². The second-order valence-corrected chi connectivity index (χ2v) is 4.40. The van der Waals surface area contributed by atoms with Crippen LogP contribution in [0.2, 0.25) is 10.0 Å². The van der Waals surface area contributed by atoms with Gasteiger partial charge in [-0.05, 0) is 18.2 Å². The van der Waals surface area contributed by atoms with Crippen LogP contribution < -0.4 is 0 Å². The summed E-state index contributed by atoms with van der Waals surface area (Å²) in [7, 11) is 1.22. The molecule has 0 fully saturated rings. The van der Waals surface area contributed by atoms with Crippen molar-refractivity contribution in [2.24, 2.45) is 0 Å². The number of esters is 1. The maximum Gasteiger partial charge on any atom is 0.359 e. The molecule has 0 bridgehead atoms. The van der Waals surface area contributed by atoms with Gasteiger partial charge in [0.05, 0.1) is 28.4 Å². The smallest absolute Gasteiger partial charge is 0.359 e. The summed E-state index contributed by atoms with van der Waals surface area (Å²) in [6.45, 7) is 0. The van der Waals surface area contributed by atoms with Crippen LogP contribution in [0.5, 0.6) is 0 Å². The van der Waals surface area contributed by atoms with Crippen molar-refractivity contribution in [3.8, 4) is 5.69 Å². The normalized spacial score (nSPS) is 10.3. The summed E-state index contributed by atoms with van der Waals surface area (Å²) >= 11 is 11.7. The largest absolute Gasteiger partial charge is 0.464 e. The number of aromatic nitrogens is 2. The van der Waals surface area contributed by atoms with Gasteiger partial charge >= 0.3 is 5.97 Å². The molecule has 98 valence electrons. The lowest BCUT2D eigenvalue weighted by molar-refractivity contribution is 0.0591. The third-order valence-electron chi connectivity index (χ3n) is 2.42. The SMILES string of the molecule is COC(=O)c1nn(-c2ccc(Cl)c(Cl)c2)cc1C=O. The molecule has 0 N–H and O–H groups in total. The van der Waals surface area contributed by atoms with E-state index in [0.29, 0.717) is 22.0 Å². The van der Waals surface area contributed by atoms with Crippen LogP contribution in [0.15, 0.2) is 24.4 Å². The lowest BCUT2D eigenvalue weighted by Crippen LogP contribution is -2.06. The zero-order chi connectivity index (χ0) is 14.0. The number of nitrogens with zero attached hydrogens (tertiary/aromatic N) is 2. The molecule has 7 heteroatoms. The molecule has 0 saturated heterocycles. The number of halogens is 2. The minimum Gasteiger partial charge on any atom is -0.464 e. The van der Waals surface area contributed by atoms with E-state index in [1.807, 2.05) is 0 Å². The van der Waals surface area contributed by atoms with Crippen molar-refractivity contribution in [3.05, 3.63) is 45.7 Å². The third kappa shape index (κ3) is 2.62. The first kappa shape index (κ1) is 13.6. The van der Waals surface area contributed by atoms with Crippen molar-refractivity contribution in [3.63, 3.8) is 0 Å². The molecule has 2 aromatic rings. The van der Waals surface area contributed by atoms with E-state index in [-0.39, 0.29) is 11.3 Å². The Hall–Kier alpha value is -1.85. The van der Waals surface area contributed by atoms with Crippen molar-refractivity contribution in [1.29, 1.82) is 0 Å². The van der Waals surface area contributed by atoms with Crippen LogP contribution in [0.4, 0.5) is 0 Å². The van der Waals surface area contributed by atoms with Gasteiger partial charge in [0.2, 0.25) is 0 Å². The van der Waals surface area contributed by atoms with Crippen molar-refractivity contribution in [2.45, 2.75) is 0 Å². The minimum absolute atomic E-state index is 0.0522. The molecule has 19 heavy (non-hydrogen) atoms. The standard InChI is InChI=1S/C12H8Cl2N2O3/c1-19-12(18)11-7(6-17)5-16(15-11)8-2-3-9(13)10(14)4-8/h2-6H,1H3. The van der Waals surface area contributed by atoms with Crippen LogP contribution in [0.25, 0.3) is 5.69 Å². The first-order valence-corrected chi connectivity index (χ1v) is 5.91. The summed E-state index contributed by atoms with van der Waals surface area (Å²) in [5, 5.41) is 4.76. The van der Waals surface area contributed by atoms with Crippen molar-refractivity contribution >= 4 is 35.5 Å². The highest BCUT2D eigenvalue weighted by Crippen LogP contribution is 2.24. The summed E-state index contributed by atoms with van der Waals surface area (Å²) in [6.07, 6.45) is 1.95. The Morgan fingerprint density at radius 3 is 2.68 bits per heavy atom. The molecular weight excluding hydrogens is 291 g/mol. The number of ether oxygens (including phenoxy) is 1. The first-order chi connectivity index (χ1) is 9.06. The molecule has 1 aromatic carbocycles. The van der Waals surface area contributed by atoms with Crippen LogP contribution >= 0.6 is 23.2 Å². The van der Waals surface area contributed by atoms with Crippen molar-refractivity contribution < 1.29 is 14.3 Å². The highest BCUT2D eigenvalue weighted by atomic mass is 35.5. The Bertz CT molecular complexity index is 652. The van der Waals surface area contributed by atoms with Crippen LogP contribution in [0, 0.1) is 0 Å². The number of carbonyl (C=O) groups is 2. The number of hydrogen-bond acceptors (Lipinski definition) is 4. The lowest BCUT2D eigenvalue weighted by atomic mass is 10.3. The van der Waals surface area contributed by atoms with Gasteiger partial charge in [-0.2, -0.15) is 5.10 Å². The van der Waals surface area contributed by atoms with Gasteiger partial charge in [-0.15, -0.1) is 0 Å². The van der Waals surface area contributed by atoms with Gasteiger partial charge in [0.1, 0.15) is 0 Å². The predicted octanol–water partition coefficient (Wildman–Crippen LogP) is 2.78. The predicted molar refractivity (Wildman–Crippen MR) is 70.3 cm³/mol. The fourth-order valence-corrected chi connectivity index (χ4v) is 1.78. The monoisotopic (exact) mass is 298 g/mol. The summed E-state index contributed by atoms with van der Waals surface area (Å²) in [6, 6.07) is 4.84. The number of rotatable bonds is 3. The summed E-state index contributed by atoms with van der Waals surface area (Å²) in [5.74, 6) is -0.680. The summed E-state index contributed by atoms with van der Waals surface area (Å²) in [5.41, 5.74) is 0.661. The molecular formula is C12H8Cl2N2O3. The Morgan fingerprint density at radius 1 is 1.37 bits per heavy atom. The van der Waals surface area contributed by atoms with E-state index in [2.05, 4.69) is 9.84 Å². The van der Waals surface area contributed by atoms with Gasteiger partial charge in [0.25, 0.3) is 0 Å². The second-order valence-electron chi connectivity index (χ2n) is 3.59. The van der Waals surface area contributed by atoms with Crippen molar-refractivity contribution in [1.82, 2.24) is 9.78 Å². The summed E-state index contributed by atoms with van der Waals surface area (Å²) < 4.78 is 5.91. The van der Waals surface area contributed by atoms with E-state index in [9.17, 15) is 9.59 Å².